The summed E-state index contributed by atoms with van der Waals surface area (Å²) in [7, 11) is 1.48. The van der Waals surface area contributed by atoms with Crippen LogP contribution in [0.25, 0.3) is 32.7 Å². The standard InChI is InChI=1S/C82H91Cl3N14O22.CH4/c1-35(2)23-51(89-4)75(109)97-66-69(105)41-14-19-55(48(84)25-41)117-57-27-43-28-58(73(57)121-82-74(72(108)71(107)59(119-82)34-92-99-88)120-61-32-50(68(104)36(3)116-61)91-33-37-7-9-38(10-8-37)39-11-16-44(83)17-12-39)118-56-20-15-42(26-49(56)85)70(106)67-81(115)96-65(77(111)90-22-6-5-21-86)47-29-45(100)30-54(102)62(47)46-24-40(13-18-53(46)101)63(78(112)98-67)95-79(113)64(43)94-76(110)52(31-60(87)103)93-80(66)114;/h7-20,24-30,35-36,50-52,59,61,63-72,74,82,89,91,100-102,104-108H,5-6,21-23,31-34,86H2,1-4H3,(H2,87,103)(H,90,111)(H,93,114)(H,94,110)(H,95,113)(H,96,115)(H,97,109)(H,98,112);1H4/t36?,50?,51-,52+,59?,61?,63?,64-,65-,66-,67+,68?,69-,70-,71?,72?,74?,82?;/m1./s1. The Kier molecular flexibility index (Phi) is 30.2. The van der Waals surface area contributed by atoms with Gasteiger partial charge in [0, 0.05) is 52.7 Å². The minimum atomic E-state index is -2.36. The van der Waals surface area contributed by atoms with Crippen molar-refractivity contribution in [3.63, 3.8) is 0 Å². The molecule has 0 radical (unpaired) electrons. The Hall–Kier alpha value is -11.2. The lowest BCUT2D eigenvalue weighted by atomic mass is 9.89. The highest BCUT2D eigenvalue weighted by Crippen LogP contribution is 2.50. The minimum absolute atomic E-state index is 0. The van der Waals surface area contributed by atoms with Crippen LogP contribution >= 0.6 is 34.8 Å². The summed E-state index contributed by atoms with van der Waals surface area (Å²) in [5.41, 5.74) is 21.5. The van der Waals surface area contributed by atoms with Crippen LogP contribution in [0.5, 0.6) is 46.0 Å². The van der Waals surface area contributed by atoms with E-state index in [1.807, 2.05) is 50.2 Å². The molecule has 122 heavy (non-hydrogen) atoms. The number of hydrogen-bond donors (Lipinski definition) is 19. The molecule has 7 aliphatic rings. The van der Waals surface area contributed by atoms with E-state index in [0.717, 1.165) is 77.4 Å². The molecule has 650 valence electrons. The molecule has 11 bridgehead atoms. The summed E-state index contributed by atoms with van der Waals surface area (Å²) < 4.78 is 39.8. The normalized spacial score (nSPS) is 25.5. The molecule has 36 nitrogen and oxygen atoms in total. The SMILES string of the molecule is C.CN[C@H](CC(C)C)C(=O)N[C@H]1C(=O)N[C@@H](CC(N)=O)C(=O)N[C@H]2C(=O)NC3C(=O)N[C@H](C(=O)N[C@@H](C(=O)NCCCCN)c4cc(O)cc(O)c4-c4cc3ccc4O)[C@H](O)c3ccc(c(Cl)c3)Oc3cc2cc(c3OC2OC(CN=[N+]=[N-])C(O)C(O)C2OC2CC(NCc3ccc(-c4ccc(Cl)cc4)cc3)C(O)C(C)O2)Oc2ccc(cc2Cl)[C@H]1O. The van der Waals surface area contributed by atoms with E-state index in [9.17, 15) is 60.8 Å². The molecule has 2 fully saturated rings. The van der Waals surface area contributed by atoms with Crippen LogP contribution in [0.15, 0.2) is 133 Å². The third-order valence-corrected chi connectivity index (χ3v) is 22.0. The van der Waals surface area contributed by atoms with E-state index in [1.165, 1.54) is 25.2 Å². The molecule has 0 aromatic heterocycles. The molecule has 2 saturated heterocycles. The fourth-order valence-corrected chi connectivity index (χ4v) is 15.4. The van der Waals surface area contributed by atoms with E-state index in [0.29, 0.717) is 17.9 Å². The molecule has 10 unspecified atom stereocenters. The maximum atomic E-state index is 16.4. The van der Waals surface area contributed by atoms with Crippen molar-refractivity contribution in [1.29, 1.82) is 0 Å². The second-order valence-corrected chi connectivity index (χ2v) is 31.4. The van der Waals surface area contributed by atoms with E-state index >= 15 is 24.0 Å². The monoisotopic (exact) mass is 1740 g/mol. The Morgan fingerprint density at radius 3 is 1.93 bits per heavy atom. The first-order valence-electron chi connectivity index (χ1n) is 38.7. The fourth-order valence-electron chi connectivity index (χ4n) is 14.8. The number of phenolic OH excluding ortho intramolecular Hbond substituents is 3. The second kappa shape index (κ2) is 40.2. The molecule has 7 aromatic carbocycles. The van der Waals surface area contributed by atoms with Crippen molar-refractivity contribution in [2.75, 3.05) is 26.7 Å². The van der Waals surface area contributed by atoms with E-state index in [1.54, 1.807) is 19.1 Å². The van der Waals surface area contributed by atoms with Crippen LogP contribution in [0.4, 0.5) is 0 Å². The van der Waals surface area contributed by atoms with Crippen molar-refractivity contribution in [2.45, 2.75) is 177 Å². The highest BCUT2D eigenvalue weighted by molar-refractivity contribution is 6.32. The van der Waals surface area contributed by atoms with Gasteiger partial charge in [-0.25, -0.2) is 0 Å². The Labute approximate surface area is 714 Å². The predicted molar refractivity (Wildman–Crippen MR) is 442 cm³/mol. The van der Waals surface area contributed by atoms with Crippen molar-refractivity contribution in [3.05, 3.63) is 186 Å². The summed E-state index contributed by atoms with van der Waals surface area (Å²) in [6.07, 6.45) is -17.7. The van der Waals surface area contributed by atoms with Gasteiger partial charge < -0.3 is 129 Å². The number of benzene rings is 7. The summed E-state index contributed by atoms with van der Waals surface area (Å²) in [5.74, 6) is -14.7. The number of aliphatic hydroxyl groups excluding tert-OH is 5. The number of likely N-dealkylation sites (N-methyl/N-ethyl adjacent to an activating group) is 1. The maximum Gasteiger partial charge on any atom is 0.248 e. The lowest BCUT2D eigenvalue weighted by Crippen LogP contribution is -2.62. The number of halogens is 3. The molecular formula is C83H95Cl3N14O22. The zero-order valence-corrected chi connectivity index (χ0v) is 67.6. The number of aliphatic hydroxyl groups is 5. The average molecular weight is 1750 g/mol. The summed E-state index contributed by atoms with van der Waals surface area (Å²) in [4.78, 5) is 123. The Morgan fingerprint density at radius 1 is 0.680 bits per heavy atom. The fraction of sp³-hybridized carbons (Fsp3) is 0.398. The average Bonchev–Trinajstić information content (AvgIpc) is 0.761. The van der Waals surface area contributed by atoms with Gasteiger partial charge in [0.25, 0.3) is 0 Å². The number of carbonyl (C=O) groups is 8. The molecule has 0 saturated carbocycles. The smallest absolute Gasteiger partial charge is 0.248 e. The quantitative estimate of drug-likeness (QED) is 0.0170. The molecule has 7 heterocycles. The van der Waals surface area contributed by atoms with E-state index in [4.69, 9.17) is 74.7 Å². The lowest BCUT2D eigenvalue weighted by molar-refractivity contribution is -0.327. The van der Waals surface area contributed by atoms with Crippen LogP contribution in [-0.4, -0.2) is 194 Å². The summed E-state index contributed by atoms with van der Waals surface area (Å²) in [6.45, 7) is 4.97. The highest BCUT2D eigenvalue weighted by atomic mass is 35.5. The van der Waals surface area contributed by atoms with Gasteiger partial charge in [-0.15, -0.1) is 0 Å². The zero-order chi connectivity index (χ0) is 86.9. The summed E-state index contributed by atoms with van der Waals surface area (Å²) >= 11 is 20.6. The first-order valence-corrected chi connectivity index (χ1v) is 39.8. The number of nitrogens with two attached hydrogens (primary N) is 2. The van der Waals surface area contributed by atoms with Gasteiger partial charge in [0.05, 0.1) is 47.4 Å². The van der Waals surface area contributed by atoms with E-state index in [2.05, 4.69) is 57.9 Å². The number of amides is 8. The van der Waals surface area contributed by atoms with Gasteiger partial charge >= 0.3 is 0 Å². The molecule has 7 aliphatic heterocycles. The molecule has 0 aliphatic carbocycles. The lowest BCUT2D eigenvalue weighted by Gasteiger charge is -2.45. The van der Waals surface area contributed by atoms with Crippen molar-refractivity contribution < 1.29 is 108 Å². The number of carbonyl (C=O) groups excluding carboxylic acids is 8. The van der Waals surface area contributed by atoms with E-state index in [-0.39, 0.29) is 90.2 Å². The van der Waals surface area contributed by atoms with Crippen molar-refractivity contribution in [1.82, 2.24) is 47.9 Å². The largest absolute Gasteiger partial charge is 0.508 e. The molecule has 18 atom stereocenters. The number of nitrogens with zero attached hydrogens (tertiary/aromatic N) is 3. The van der Waals surface area contributed by atoms with E-state index < -0.39 is 221 Å². The first-order chi connectivity index (χ1) is 57.8. The molecule has 14 rings (SSSR count). The van der Waals surface area contributed by atoms with Crippen molar-refractivity contribution >= 4 is 82.1 Å². The number of nitrogens with one attached hydrogen (secondary N) is 9. The third-order valence-electron chi connectivity index (χ3n) is 21.2. The summed E-state index contributed by atoms with van der Waals surface area (Å²) in [6, 6.07) is 14.4. The van der Waals surface area contributed by atoms with Crippen molar-refractivity contribution in [2.24, 2.45) is 22.5 Å². The van der Waals surface area contributed by atoms with Gasteiger partial charge in [-0.05, 0) is 162 Å². The molecule has 8 amide bonds. The van der Waals surface area contributed by atoms with Crippen LogP contribution < -0.4 is 73.5 Å². The number of ether oxygens (including phenoxy) is 6. The number of aromatic hydroxyl groups is 3. The van der Waals surface area contributed by atoms with Crippen LogP contribution in [0.1, 0.15) is 124 Å². The molecular weight excluding hydrogens is 1650 g/mol. The molecule has 0 spiro atoms. The van der Waals surface area contributed by atoms with Crippen LogP contribution in [-0.2, 0) is 59.1 Å². The van der Waals surface area contributed by atoms with Gasteiger partial charge in [-0.1, -0.05) is 116 Å². The Morgan fingerprint density at radius 2 is 1.30 bits per heavy atom. The maximum absolute atomic E-state index is 16.4. The van der Waals surface area contributed by atoms with Gasteiger partial charge in [0.15, 0.2) is 23.9 Å². The zero-order valence-electron chi connectivity index (χ0n) is 65.4. The van der Waals surface area contributed by atoms with Gasteiger partial charge in [-0.2, -0.15) is 0 Å². The third kappa shape index (κ3) is 21.1. The number of azide groups is 1. The molecule has 21 N–H and O–H groups in total. The predicted octanol–water partition coefficient (Wildman–Crippen LogP) is 5.59. The number of fused-ring (bicyclic) bond motifs is 15. The number of hydrogen-bond acceptors (Lipinski definition) is 26. The molecule has 39 heteroatoms. The minimum Gasteiger partial charge on any atom is -0.508 e. The number of unbranched alkanes of at least 4 members (excludes halogenated alkanes) is 1. The number of rotatable bonds is 22. The van der Waals surface area contributed by atoms with Gasteiger partial charge in [-0.3, -0.25) is 38.4 Å². The number of phenols is 3. The van der Waals surface area contributed by atoms with Crippen LogP contribution in [0.3, 0.4) is 0 Å². The van der Waals surface area contributed by atoms with Gasteiger partial charge in [0.2, 0.25) is 59.3 Å². The molecule has 7 aromatic rings. The van der Waals surface area contributed by atoms with Crippen LogP contribution in [0.2, 0.25) is 15.1 Å². The van der Waals surface area contributed by atoms with Crippen molar-refractivity contribution in [3.8, 4) is 68.2 Å². The Bertz CT molecular complexity index is 5090. The highest BCUT2D eigenvalue weighted by Gasteiger charge is 2.51. The van der Waals surface area contributed by atoms with Crippen LogP contribution in [0, 0.1) is 5.92 Å². The second-order valence-electron chi connectivity index (χ2n) is 30.2. The Balaban J connectivity index is 0.0000145. The first kappa shape index (κ1) is 91.6. The summed E-state index contributed by atoms with van der Waals surface area (Å²) in [5, 5.41) is 124. The van der Waals surface area contributed by atoms with Gasteiger partial charge in [0.1, 0.15) is 89.4 Å². The topological polar surface area (TPSA) is 563 Å². The number of primary amides is 1.